The monoisotopic (exact) mass is 315 g/mol. The number of hydrogen-bond acceptors (Lipinski definition) is 3. The summed E-state index contributed by atoms with van der Waals surface area (Å²) in [6.07, 6.45) is 1.49. The molecule has 0 radical (unpaired) electrons. The molecule has 0 aliphatic rings. The third kappa shape index (κ3) is 2.94. The summed E-state index contributed by atoms with van der Waals surface area (Å²) in [6, 6.07) is 11.3. The van der Waals surface area contributed by atoms with Crippen LogP contribution in [-0.2, 0) is 0 Å². The van der Waals surface area contributed by atoms with Crippen LogP contribution in [0.5, 0.6) is 0 Å². The van der Waals surface area contributed by atoms with Crippen molar-refractivity contribution in [3.8, 4) is 0 Å². The van der Waals surface area contributed by atoms with E-state index in [0.717, 1.165) is 10.4 Å². The molecule has 2 heterocycles. The van der Waals surface area contributed by atoms with Crippen LogP contribution >= 0.6 is 11.3 Å². The van der Waals surface area contributed by atoms with Crippen molar-refractivity contribution in [2.75, 3.05) is 0 Å². The molecule has 1 atom stereocenters. The summed E-state index contributed by atoms with van der Waals surface area (Å²) in [5.74, 6) is 0.0567. The summed E-state index contributed by atoms with van der Waals surface area (Å²) in [7, 11) is 0. The number of halogens is 1. The Balaban J connectivity index is 1.91. The van der Waals surface area contributed by atoms with Crippen LogP contribution in [0, 0.1) is 12.7 Å². The zero-order valence-corrected chi connectivity index (χ0v) is 12.7. The highest BCUT2D eigenvalue weighted by atomic mass is 32.1. The van der Waals surface area contributed by atoms with Crippen molar-refractivity contribution in [1.29, 1.82) is 0 Å². The van der Waals surface area contributed by atoms with Crippen molar-refractivity contribution in [1.82, 2.24) is 5.32 Å². The molecule has 112 valence electrons. The minimum absolute atomic E-state index is 0.214. The van der Waals surface area contributed by atoms with Crippen LogP contribution in [0.4, 0.5) is 4.39 Å². The zero-order chi connectivity index (χ0) is 15.5. The largest absolute Gasteiger partial charge is 0.469 e. The molecule has 5 heteroatoms. The Morgan fingerprint density at radius 3 is 2.59 bits per heavy atom. The first-order valence-electron chi connectivity index (χ1n) is 6.79. The van der Waals surface area contributed by atoms with Crippen LogP contribution in [0.1, 0.15) is 32.6 Å². The number of aryl methyl sites for hydroxylation is 1. The molecule has 0 fully saturated rings. The van der Waals surface area contributed by atoms with Crippen molar-refractivity contribution >= 4 is 17.2 Å². The quantitative estimate of drug-likeness (QED) is 0.779. The molecule has 0 saturated heterocycles. The van der Waals surface area contributed by atoms with Crippen LogP contribution in [0.2, 0.25) is 0 Å². The lowest BCUT2D eigenvalue weighted by Gasteiger charge is -2.18. The van der Waals surface area contributed by atoms with Crippen molar-refractivity contribution in [3.63, 3.8) is 0 Å². The third-order valence-corrected chi connectivity index (χ3v) is 4.35. The lowest BCUT2D eigenvalue weighted by Crippen LogP contribution is -2.29. The molecule has 3 rings (SSSR count). The summed E-state index contributed by atoms with van der Waals surface area (Å²) in [6.45, 7) is 1.74. The number of amides is 1. The van der Waals surface area contributed by atoms with Gasteiger partial charge in [-0.05, 0) is 42.1 Å². The molecule has 0 aliphatic heterocycles. The van der Waals surface area contributed by atoms with Gasteiger partial charge < -0.3 is 9.73 Å². The summed E-state index contributed by atoms with van der Waals surface area (Å²) in [5.41, 5.74) is 1.34. The van der Waals surface area contributed by atoms with E-state index in [1.165, 1.54) is 18.4 Å². The molecule has 0 bridgehead atoms. The van der Waals surface area contributed by atoms with Gasteiger partial charge in [0.2, 0.25) is 0 Å². The number of carbonyl (C=O) groups is 1. The van der Waals surface area contributed by atoms with Gasteiger partial charge in [0.15, 0.2) is 0 Å². The average Bonchev–Trinajstić information content (AvgIpc) is 3.17. The molecule has 1 aromatic carbocycles. The molecule has 0 spiro atoms. The molecule has 0 aliphatic carbocycles. The van der Waals surface area contributed by atoms with Crippen molar-refractivity contribution in [3.05, 3.63) is 81.7 Å². The van der Waals surface area contributed by atoms with Crippen molar-refractivity contribution in [2.24, 2.45) is 0 Å². The Kier molecular flexibility index (Phi) is 4.06. The average molecular weight is 315 g/mol. The molecular weight excluding hydrogens is 301 g/mol. The fourth-order valence-corrected chi connectivity index (χ4v) is 3.06. The van der Waals surface area contributed by atoms with Crippen LogP contribution in [0.25, 0.3) is 0 Å². The summed E-state index contributed by atoms with van der Waals surface area (Å²) < 4.78 is 18.3. The molecule has 0 saturated carbocycles. The van der Waals surface area contributed by atoms with E-state index in [1.807, 2.05) is 17.5 Å². The van der Waals surface area contributed by atoms with Crippen molar-refractivity contribution < 1.29 is 13.6 Å². The first-order chi connectivity index (χ1) is 10.6. The van der Waals surface area contributed by atoms with E-state index < -0.39 is 0 Å². The smallest absolute Gasteiger partial charge is 0.255 e. The van der Waals surface area contributed by atoms with Crippen LogP contribution in [0.3, 0.4) is 0 Å². The molecule has 3 nitrogen and oxygen atoms in total. The van der Waals surface area contributed by atoms with E-state index in [-0.39, 0.29) is 17.8 Å². The second kappa shape index (κ2) is 6.15. The van der Waals surface area contributed by atoms with E-state index in [2.05, 4.69) is 5.32 Å². The van der Waals surface area contributed by atoms with Gasteiger partial charge in [-0.2, -0.15) is 0 Å². The van der Waals surface area contributed by atoms with E-state index in [0.29, 0.717) is 11.3 Å². The molecule has 1 N–H and O–H groups in total. The molecule has 1 amide bonds. The fourth-order valence-electron chi connectivity index (χ4n) is 2.26. The summed E-state index contributed by atoms with van der Waals surface area (Å²) in [5, 5.41) is 4.93. The Bertz CT molecular complexity index is 762. The Hall–Kier alpha value is -2.40. The van der Waals surface area contributed by atoms with Gasteiger partial charge in [-0.1, -0.05) is 18.2 Å². The minimum Gasteiger partial charge on any atom is -0.469 e. The number of thiophene rings is 1. The Morgan fingerprint density at radius 1 is 1.23 bits per heavy atom. The van der Waals surface area contributed by atoms with E-state index >= 15 is 0 Å². The molecule has 22 heavy (non-hydrogen) atoms. The number of hydrogen-bond donors (Lipinski definition) is 1. The second-order valence-corrected chi connectivity index (χ2v) is 5.84. The topological polar surface area (TPSA) is 42.2 Å². The zero-order valence-electron chi connectivity index (χ0n) is 11.9. The second-order valence-electron chi connectivity index (χ2n) is 4.86. The predicted molar refractivity (Wildman–Crippen MR) is 83.5 cm³/mol. The number of rotatable bonds is 4. The third-order valence-electron chi connectivity index (χ3n) is 3.41. The highest BCUT2D eigenvalue weighted by molar-refractivity contribution is 7.10. The maximum absolute atomic E-state index is 13.1. The summed E-state index contributed by atoms with van der Waals surface area (Å²) >= 11 is 1.54. The Morgan fingerprint density at radius 2 is 2.00 bits per heavy atom. The van der Waals surface area contributed by atoms with E-state index in [4.69, 9.17) is 4.42 Å². The van der Waals surface area contributed by atoms with Crippen molar-refractivity contribution in [2.45, 2.75) is 13.0 Å². The first kappa shape index (κ1) is 14.5. The SMILES string of the molecule is Cc1occc1C(=O)N[C@H](c1ccc(F)cc1)c1cccs1. The van der Waals surface area contributed by atoms with Gasteiger partial charge in [0.1, 0.15) is 11.6 Å². The number of carbonyl (C=O) groups excluding carboxylic acids is 1. The standard InChI is InChI=1S/C17H14FNO2S/c1-11-14(8-9-21-11)17(20)19-16(15-3-2-10-22-15)12-4-6-13(18)7-5-12/h2-10,16H,1H3,(H,19,20)/t16-/m1/s1. The normalized spacial score (nSPS) is 12.1. The van der Waals surface area contributed by atoms with Gasteiger partial charge in [-0.15, -0.1) is 11.3 Å². The van der Waals surface area contributed by atoms with Gasteiger partial charge in [0, 0.05) is 4.88 Å². The fraction of sp³-hybridized carbons (Fsp3) is 0.118. The lowest BCUT2D eigenvalue weighted by atomic mass is 10.0. The number of nitrogens with one attached hydrogen (secondary N) is 1. The Labute approximate surface area is 131 Å². The minimum atomic E-state index is -0.317. The van der Waals surface area contributed by atoms with Crippen LogP contribution in [0.15, 0.2) is 58.5 Å². The lowest BCUT2D eigenvalue weighted by molar-refractivity contribution is 0.0942. The van der Waals surface area contributed by atoms with Gasteiger partial charge in [0.05, 0.1) is 17.9 Å². The van der Waals surface area contributed by atoms with Gasteiger partial charge in [-0.25, -0.2) is 4.39 Å². The maximum atomic E-state index is 13.1. The van der Waals surface area contributed by atoms with E-state index in [1.54, 1.807) is 36.5 Å². The highest BCUT2D eigenvalue weighted by Gasteiger charge is 2.20. The first-order valence-corrected chi connectivity index (χ1v) is 7.67. The number of benzene rings is 1. The number of furan rings is 1. The highest BCUT2D eigenvalue weighted by Crippen LogP contribution is 2.27. The molecular formula is C17H14FNO2S. The molecule has 2 aromatic heterocycles. The van der Waals surface area contributed by atoms with Gasteiger partial charge in [0.25, 0.3) is 5.91 Å². The van der Waals surface area contributed by atoms with Crippen LogP contribution in [-0.4, -0.2) is 5.91 Å². The van der Waals surface area contributed by atoms with Gasteiger partial charge in [-0.3, -0.25) is 4.79 Å². The summed E-state index contributed by atoms with van der Waals surface area (Å²) in [4.78, 5) is 13.4. The molecule has 3 aromatic rings. The van der Waals surface area contributed by atoms with Gasteiger partial charge >= 0.3 is 0 Å². The maximum Gasteiger partial charge on any atom is 0.255 e. The molecule has 0 unspecified atom stereocenters. The predicted octanol–water partition coefficient (Wildman–Crippen LogP) is 4.31. The van der Waals surface area contributed by atoms with Crippen LogP contribution < -0.4 is 5.32 Å². The van der Waals surface area contributed by atoms with E-state index in [9.17, 15) is 9.18 Å².